The first kappa shape index (κ1) is 52.6. The highest BCUT2D eigenvalue weighted by molar-refractivity contribution is 5.70. The smallest absolute Gasteiger partial charge is 0.410 e. The molecular formula is C47H74N2O10. The number of amides is 1. The van der Waals surface area contributed by atoms with Gasteiger partial charge in [-0.05, 0) is 102 Å². The highest BCUT2D eigenvalue weighted by Crippen LogP contribution is 2.16. The minimum Gasteiger partial charge on any atom is -0.469 e. The van der Waals surface area contributed by atoms with Crippen LogP contribution in [0.5, 0.6) is 0 Å². The standard InChI is InChI=1S/C26H41NO6.C21H33NO4/c1-6-32-24(29)18-17-21-13-15-22(16-14-21)20-27(25(30)33-26(2,3)4)19-11-9-7-8-10-12-23(28)31-5;1-3-26-21(24)15-14-18-10-12-19(13-11-18)17-22-16-8-6-4-5-7-9-20(23)25-2/h13-16H,6-12,17-20H2,1-5H3;10-13,22H,3-9,14-17H2,1-2H3. The van der Waals surface area contributed by atoms with Crippen molar-refractivity contribution in [1.82, 2.24) is 10.2 Å². The molecule has 0 fully saturated rings. The second-order valence-corrected chi connectivity index (χ2v) is 15.5. The van der Waals surface area contributed by atoms with Gasteiger partial charge in [0.1, 0.15) is 5.60 Å². The number of methoxy groups -OCH3 is 2. The van der Waals surface area contributed by atoms with Crippen LogP contribution in [-0.4, -0.2) is 81.0 Å². The average molecular weight is 827 g/mol. The Morgan fingerprint density at radius 3 is 1.42 bits per heavy atom. The lowest BCUT2D eigenvalue weighted by Gasteiger charge is -2.27. The summed E-state index contributed by atoms with van der Waals surface area (Å²) in [6.07, 6.45) is 13.0. The van der Waals surface area contributed by atoms with E-state index in [0.717, 1.165) is 94.0 Å². The minimum absolute atomic E-state index is 0.112. The molecule has 0 aromatic heterocycles. The van der Waals surface area contributed by atoms with Gasteiger partial charge in [0, 0.05) is 45.3 Å². The summed E-state index contributed by atoms with van der Waals surface area (Å²) in [4.78, 5) is 59.5. The van der Waals surface area contributed by atoms with E-state index in [0.29, 0.717) is 58.4 Å². The molecule has 0 radical (unpaired) electrons. The van der Waals surface area contributed by atoms with Crippen molar-refractivity contribution in [3.63, 3.8) is 0 Å². The molecule has 2 aromatic rings. The van der Waals surface area contributed by atoms with Crippen LogP contribution in [-0.2, 0) is 68.8 Å². The van der Waals surface area contributed by atoms with Crippen molar-refractivity contribution in [3.8, 4) is 0 Å². The maximum absolute atomic E-state index is 12.7. The fraction of sp³-hybridized carbons (Fsp3) is 0.638. The summed E-state index contributed by atoms with van der Waals surface area (Å²) in [6.45, 7) is 13.0. The van der Waals surface area contributed by atoms with Crippen molar-refractivity contribution in [2.75, 3.05) is 40.5 Å². The third-order valence-corrected chi connectivity index (χ3v) is 9.25. The van der Waals surface area contributed by atoms with Crippen LogP contribution in [0.3, 0.4) is 0 Å². The molecule has 12 nitrogen and oxygen atoms in total. The fourth-order valence-electron chi connectivity index (χ4n) is 5.96. The van der Waals surface area contributed by atoms with Crippen LogP contribution in [0, 0.1) is 0 Å². The highest BCUT2D eigenvalue weighted by Gasteiger charge is 2.22. The Labute approximate surface area is 354 Å². The van der Waals surface area contributed by atoms with Crippen molar-refractivity contribution < 1.29 is 47.7 Å². The zero-order chi connectivity index (χ0) is 43.7. The predicted molar refractivity (Wildman–Crippen MR) is 231 cm³/mol. The number of benzene rings is 2. The van der Waals surface area contributed by atoms with Gasteiger partial charge in [-0.15, -0.1) is 0 Å². The predicted octanol–water partition coefficient (Wildman–Crippen LogP) is 9.22. The Morgan fingerprint density at radius 1 is 0.542 bits per heavy atom. The molecule has 1 amide bonds. The maximum Gasteiger partial charge on any atom is 0.410 e. The fourth-order valence-corrected chi connectivity index (χ4v) is 5.96. The number of nitrogens with one attached hydrogen (secondary N) is 1. The first-order chi connectivity index (χ1) is 28.3. The summed E-state index contributed by atoms with van der Waals surface area (Å²) in [5.74, 6) is -0.608. The van der Waals surface area contributed by atoms with Gasteiger partial charge in [-0.2, -0.15) is 0 Å². The summed E-state index contributed by atoms with van der Waals surface area (Å²) < 4.78 is 24.8. The molecule has 0 unspecified atom stereocenters. The van der Waals surface area contributed by atoms with E-state index in [1.807, 2.05) is 52.0 Å². The van der Waals surface area contributed by atoms with E-state index in [1.54, 1.807) is 11.8 Å². The van der Waals surface area contributed by atoms with Gasteiger partial charge in [0.15, 0.2) is 0 Å². The molecule has 0 atom stereocenters. The van der Waals surface area contributed by atoms with Crippen molar-refractivity contribution in [3.05, 3.63) is 70.8 Å². The molecule has 0 saturated heterocycles. The van der Waals surface area contributed by atoms with Gasteiger partial charge in [-0.25, -0.2) is 4.79 Å². The molecule has 59 heavy (non-hydrogen) atoms. The number of carbonyl (C=O) groups is 5. The first-order valence-electron chi connectivity index (χ1n) is 21.6. The van der Waals surface area contributed by atoms with Gasteiger partial charge in [-0.1, -0.05) is 87.1 Å². The molecule has 332 valence electrons. The Bertz CT molecular complexity index is 1450. The third-order valence-electron chi connectivity index (χ3n) is 9.25. The van der Waals surface area contributed by atoms with E-state index in [9.17, 15) is 24.0 Å². The lowest BCUT2D eigenvalue weighted by atomic mass is 10.1. The number of rotatable bonds is 28. The zero-order valence-electron chi connectivity index (χ0n) is 37.2. The number of hydrogen-bond acceptors (Lipinski definition) is 11. The molecule has 1 N–H and O–H groups in total. The Kier molecular flexibility index (Phi) is 28.9. The normalized spacial score (nSPS) is 10.8. The van der Waals surface area contributed by atoms with Crippen molar-refractivity contribution in [2.45, 2.75) is 156 Å². The van der Waals surface area contributed by atoms with Crippen LogP contribution < -0.4 is 5.32 Å². The summed E-state index contributed by atoms with van der Waals surface area (Å²) in [5, 5.41) is 3.46. The lowest BCUT2D eigenvalue weighted by Crippen LogP contribution is -2.37. The summed E-state index contributed by atoms with van der Waals surface area (Å²) in [5.41, 5.74) is 3.93. The number of carbonyl (C=O) groups excluding carboxylic acids is 5. The minimum atomic E-state index is -0.555. The van der Waals surface area contributed by atoms with Crippen molar-refractivity contribution >= 4 is 30.0 Å². The molecule has 0 saturated carbocycles. The lowest BCUT2D eigenvalue weighted by molar-refractivity contribution is -0.144. The van der Waals surface area contributed by atoms with E-state index in [-0.39, 0.29) is 30.0 Å². The van der Waals surface area contributed by atoms with E-state index in [4.69, 9.17) is 14.2 Å². The number of esters is 4. The molecule has 2 aromatic carbocycles. The molecule has 0 spiro atoms. The van der Waals surface area contributed by atoms with Crippen LogP contribution >= 0.6 is 0 Å². The number of unbranched alkanes of at least 4 members (excludes halogenated alkanes) is 8. The van der Waals surface area contributed by atoms with Crippen molar-refractivity contribution in [2.24, 2.45) is 0 Å². The van der Waals surface area contributed by atoms with Crippen LogP contribution in [0.2, 0.25) is 0 Å². The van der Waals surface area contributed by atoms with Crippen LogP contribution in [0.25, 0.3) is 0 Å². The molecule has 2 rings (SSSR count). The van der Waals surface area contributed by atoms with Gasteiger partial charge in [-0.3, -0.25) is 19.2 Å². The largest absolute Gasteiger partial charge is 0.469 e. The van der Waals surface area contributed by atoms with Gasteiger partial charge >= 0.3 is 30.0 Å². The SMILES string of the molecule is CCOC(=O)CCc1ccc(CN(CCCCCCCC(=O)OC)C(=O)OC(C)(C)C)cc1.CCOC(=O)CCc1ccc(CNCCCCCCCC(=O)OC)cc1. The molecule has 12 heteroatoms. The van der Waals surface area contributed by atoms with Gasteiger partial charge in [0.2, 0.25) is 0 Å². The zero-order valence-corrected chi connectivity index (χ0v) is 37.2. The van der Waals surface area contributed by atoms with Crippen LogP contribution in [0.15, 0.2) is 48.5 Å². The van der Waals surface area contributed by atoms with Crippen molar-refractivity contribution in [1.29, 1.82) is 0 Å². The number of hydrogen-bond donors (Lipinski definition) is 1. The Hall–Kier alpha value is -4.45. The second kappa shape index (κ2) is 32.4. The first-order valence-corrected chi connectivity index (χ1v) is 21.6. The van der Waals surface area contributed by atoms with Gasteiger partial charge < -0.3 is 33.9 Å². The highest BCUT2D eigenvalue weighted by atomic mass is 16.6. The topological polar surface area (TPSA) is 147 Å². The van der Waals surface area contributed by atoms with E-state index < -0.39 is 5.60 Å². The molecule has 0 aliphatic carbocycles. The van der Waals surface area contributed by atoms with Gasteiger partial charge in [0.05, 0.1) is 27.4 Å². The third kappa shape index (κ3) is 28.6. The summed E-state index contributed by atoms with van der Waals surface area (Å²) >= 11 is 0. The number of nitrogens with zero attached hydrogens (tertiary/aromatic N) is 1. The monoisotopic (exact) mass is 827 g/mol. The van der Waals surface area contributed by atoms with Gasteiger partial charge in [0.25, 0.3) is 0 Å². The maximum atomic E-state index is 12.7. The Morgan fingerprint density at radius 2 is 0.966 bits per heavy atom. The van der Waals surface area contributed by atoms with E-state index in [1.165, 1.54) is 26.2 Å². The summed E-state index contributed by atoms with van der Waals surface area (Å²) in [6, 6.07) is 16.3. The molecule has 0 bridgehead atoms. The molecule has 0 aliphatic rings. The summed E-state index contributed by atoms with van der Waals surface area (Å²) in [7, 11) is 2.84. The Balaban J connectivity index is 0.000000607. The number of aryl methyl sites for hydroxylation is 2. The quantitative estimate of drug-likeness (QED) is 0.0498. The van der Waals surface area contributed by atoms with E-state index in [2.05, 4.69) is 39.1 Å². The van der Waals surface area contributed by atoms with E-state index >= 15 is 0 Å². The van der Waals surface area contributed by atoms with Crippen LogP contribution in [0.4, 0.5) is 4.79 Å². The number of ether oxygens (including phenoxy) is 5. The second-order valence-electron chi connectivity index (χ2n) is 15.5. The van der Waals surface area contributed by atoms with Crippen LogP contribution in [0.1, 0.15) is 147 Å². The molecule has 0 aliphatic heterocycles. The average Bonchev–Trinajstić information content (AvgIpc) is 3.21. The molecule has 0 heterocycles. The molecular weight excluding hydrogens is 753 g/mol.